The average Bonchev–Trinajstić information content (AvgIpc) is 2.46. The zero-order valence-corrected chi connectivity index (χ0v) is 10.8. The highest BCUT2D eigenvalue weighted by Gasteiger charge is 2.30. The molecule has 1 aromatic carbocycles. The smallest absolute Gasteiger partial charge is 0.310 e. The summed E-state index contributed by atoms with van der Waals surface area (Å²) >= 11 is 0. The molecule has 0 aromatic heterocycles. The van der Waals surface area contributed by atoms with Crippen LogP contribution in [0, 0.1) is 5.92 Å². The van der Waals surface area contributed by atoms with E-state index >= 15 is 0 Å². The predicted molar refractivity (Wildman–Crippen MR) is 68.8 cm³/mol. The van der Waals surface area contributed by atoms with Crippen molar-refractivity contribution in [3.05, 3.63) is 29.8 Å². The van der Waals surface area contributed by atoms with Crippen LogP contribution in [0.5, 0.6) is 5.75 Å². The van der Waals surface area contributed by atoms with Crippen LogP contribution in [0.3, 0.4) is 0 Å². The largest absolute Gasteiger partial charge is 0.507 e. The van der Waals surface area contributed by atoms with E-state index < -0.39 is 0 Å². The third-order valence-corrected chi connectivity index (χ3v) is 3.38. The van der Waals surface area contributed by atoms with Gasteiger partial charge in [-0.05, 0) is 25.0 Å². The molecule has 5 heteroatoms. The Labute approximate surface area is 111 Å². The zero-order chi connectivity index (χ0) is 13.8. The number of amides is 1. The van der Waals surface area contributed by atoms with Crippen molar-refractivity contribution in [1.82, 2.24) is 4.90 Å². The molecule has 1 aliphatic heterocycles. The van der Waals surface area contributed by atoms with E-state index in [9.17, 15) is 14.7 Å². The fraction of sp³-hybridized carbons (Fsp3) is 0.429. The average molecular weight is 263 g/mol. The minimum atomic E-state index is -0.283. The van der Waals surface area contributed by atoms with Gasteiger partial charge in [0.15, 0.2) is 0 Å². The molecule has 1 aliphatic rings. The number of para-hydroxylation sites is 1. The maximum Gasteiger partial charge on any atom is 0.310 e. The van der Waals surface area contributed by atoms with Gasteiger partial charge >= 0.3 is 5.97 Å². The van der Waals surface area contributed by atoms with Gasteiger partial charge in [-0.1, -0.05) is 12.1 Å². The molecule has 1 aromatic rings. The molecule has 2 rings (SSSR count). The van der Waals surface area contributed by atoms with Gasteiger partial charge < -0.3 is 14.7 Å². The Morgan fingerprint density at radius 2 is 2.11 bits per heavy atom. The molecule has 102 valence electrons. The first kappa shape index (κ1) is 13.4. The molecule has 1 amide bonds. The summed E-state index contributed by atoms with van der Waals surface area (Å²) < 4.78 is 4.72. The summed E-state index contributed by atoms with van der Waals surface area (Å²) in [5.41, 5.74) is 0.271. The van der Waals surface area contributed by atoms with E-state index in [2.05, 4.69) is 0 Å². The number of phenols is 1. The van der Waals surface area contributed by atoms with Crippen LogP contribution in [-0.4, -0.2) is 42.1 Å². The van der Waals surface area contributed by atoms with Crippen LogP contribution in [0.2, 0.25) is 0 Å². The molecule has 0 spiro atoms. The van der Waals surface area contributed by atoms with Crippen LogP contribution in [0.25, 0.3) is 0 Å². The third kappa shape index (κ3) is 2.86. The molecule has 1 atom stereocenters. The first-order valence-electron chi connectivity index (χ1n) is 6.28. The lowest BCUT2D eigenvalue weighted by atomic mass is 9.97. The molecule has 0 aliphatic carbocycles. The summed E-state index contributed by atoms with van der Waals surface area (Å²) in [6, 6.07) is 6.43. The van der Waals surface area contributed by atoms with E-state index in [1.807, 2.05) is 0 Å². The van der Waals surface area contributed by atoms with Crippen molar-refractivity contribution in [3.8, 4) is 5.75 Å². The Bertz CT molecular complexity index is 486. The quantitative estimate of drug-likeness (QED) is 0.819. The van der Waals surface area contributed by atoms with Crippen molar-refractivity contribution in [2.75, 3.05) is 20.2 Å². The number of rotatable bonds is 2. The first-order valence-corrected chi connectivity index (χ1v) is 6.28. The fourth-order valence-corrected chi connectivity index (χ4v) is 2.35. The summed E-state index contributed by atoms with van der Waals surface area (Å²) in [6.07, 6.45) is 1.50. The molecule has 19 heavy (non-hydrogen) atoms. The van der Waals surface area contributed by atoms with Crippen LogP contribution in [0.4, 0.5) is 0 Å². The lowest BCUT2D eigenvalue weighted by Gasteiger charge is -2.31. The minimum Gasteiger partial charge on any atom is -0.507 e. The van der Waals surface area contributed by atoms with Crippen LogP contribution in [0.1, 0.15) is 23.2 Å². The monoisotopic (exact) mass is 263 g/mol. The van der Waals surface area contributed by atoms with Gasteiger partial charge in [0.2, 0.25) is 0 Å². The van der Waals surface area contributed by atoms with Crippen LogP contribution in [0.15, 0.2) is 24.3 Å². The number of ether oxygens (including phenoxy) is 1. The summed E-state index contributed by atoms with van der Waals surface area (Å²) in [5.74, 6) is -0.831. The second-order valence-electron chi connectivity index (χ2n) is 4.63. The number of phenolic OH excluding ortho intramolecular Hbond substituents is 1. The minimum absolute atomic E-state index is 0.0345. The Kier molecular flexibility index (Phi) is 4.04. The van der Waals surface area contributed by atoms with Gasteiger partial charge in [0, 0.05) is 13.1 Å². The lowest BCUT2D eigenvalue weighted by molar-refractivity contribution is -0.146. The number of piperidine rings is 1. The highest BCUT2D eigenvalue weighted by atomic mass is 16.5. The number of nitrogens with zero attached hydrogens (tertiary/aromatic N) is 1. The topological polar surface area (TPSA) is 66.8 Å². The number of hydrogen-bond acceptors (Lipinski definition) is 4. The van der Waals surface area contributed by atoms with Crippen molar-refractivity contribution in [1.29, 1.82) is 0 Å². The maximum absolute atomic E-state index is 12.3. The number of carbonyl (C=O) groups excluding carboxylic acids is 2. The number of methoxy groups -OCH3 is 1. The van der Waals surface area contributed by atoms with E-state index in [0.717, 1.165) is 12.8 Å². The highest BCUT2D eigenvalue weighted by Crippen LogP contribution is 2.23. The second kappa shape index (κ2) is 5.73. The summed E-state index contributed by atoms with van der Waals surface area (Å²) in [4.78, 5) is 25.4. The fourth-order valence-electron chi connectivity index (χ4n) is 2.35. The van der Waals surface area contributed by atoms with Crippen molar-refractivity contribution in [2.24, 2.45) is 5.92 Å². The van der Waals surface area contributed by atoms with E-state index in [1.165, 1.54) is 13.2 Å². The molecular formula is C14H17NO4. The van der Waals surface area contributed by atoms with E-state index in [0.29, 0.717) is 13.1 Å². The Hall–Kier alpha value is -2.04. The molecule has 1 saturated heterocycles. The molecular weight excluding hydrogens is 246 g/mol. The highest BCUT2D eigenvalue weighted by molar-refractivity contribution is 5.97. The Morgan fingerprint density at radius 3 is 2.79 bits per heavy atom. The number of aromatic hydroxyl groups is 1. The molecule has 0 radical (unpaired) electrons. The number of likely N-dealkylation sites (tertiary alicyclic amines) is 1. The SMILES string of the molecule is COC(=O)[C@H]1CCCN(C(=O)c2ccccc2O)C1. The van der Waals surface area contributed by atoms with Gasteiger partial charge in [-0.25, -0.2) is 0 Å². The van der Waals surface area contributed by atoms with Crippen LogP contribution in [-0.2, 0) is 9.53 Å². The van der Waals surface area contributed by atoms with Crippen molar-refractivity contribution < 1.29 is 19.4 Å². The van der Waals surface area contributed by atoms with Gasteiger partial charge in [0.05, 0.1) is 18.6 Å². The number of esters is 1. The van der Waals surface area contributed by atoms with Gasteiger partial charge in [0.1, 0.15) is 5.75 Å². The van der Waals surface area contributed by atoms with Crippen molar-refractivity contribution in [2.45, 2.75) is 12.8 Å². The zero-order valence-electron chi connectivity index (χ0n) is 10.8. The van der Waals surface area contributed by atoms with E-state index in [4.69, 9.17) is 4.74 Å². The van der Waals surface area contributed by atoms with Crippen LogP contribution < -0.4 is 0 Å². The van der Waals surface area contributed by atoms with E-state index in [1.54, 1.807) is 23.1 Å². The maximum atomic E-state index is 12.3. The molecule has 1 fully saturated rings. The Morgan fingerprint density at radius 1 is 1.37 bits per heavy atom. The summed E-state index contributed by atoms with van der Waals surface area (Å²) in [5, 5.41) is 9.69. The van der Waals surface area contributed by atoms with Gasteiger partial charge in [-0.15, -0.1) is 0 Å². The molecule has 0 bridgehead atoms. The number of benzene rings is 1. The van der Waals surface area contributed by atoms with Gasteiger partial charge in [-0.2, -0.15) is 0 Å². The van der Waals surface area contributed by atoms with Gasteiger partial charge in [-0.3, -0.25) is 9.59 Å². The number of hydrogen-bond donors (Lipinski definition) is 1. The molecule has 0 unspecified atom stereocenters. The molecule has 1 N–H and O–H groups in total. The first-order chi connectivity index (χ1) is 9.13. The summed E-state index contributed by atoms with van der Waals surface area (Å²) in [6.45, 7) is 0.945. The second-order valence-corrected chi connectivity index (χ2v) is 4.63. The van der Waals surface area contributed by atoms with Gasteiger partial charge in [0.25, 0.3) is 5.91 Å². The summed E-state index contributed by atoms with van der Waals surface area (Å²) in [7, 11) is 1.35. The normalized spacial score (nSPS) is 19.0. The Balaban J connectivity index is 2.11. The third-order valence-electron chi connectivity index (χ3n) is 3.38. The van der Waals surface area contributed by atoms with E-state index in [-0.39, 0.29) is 29.1 Å². The molecule has 0 saturated carbocycles. The lowest BCUT2D eigenvalue weighted by Crippen LogP contribution is -2.42. The van der Waals surface area contributed by atoms with Crippen molar-refractivity contribution >= 4 is 11.9 Å². The predicted octanol–water partition coefficient (Wildman–Crippen LogP) is 1.42. The standard InChI is InChI=1S/C14H17NO4/c1-19-14(18)10-5-4-8-15(9-10)13(17)11-6-2-3-7-12(11)16/h2-3,6-7,10,16H,4-5,8-9H2,1H3/t10-/m0/s1. The number of carbonyl (C=O) groups is 2. The molecule has 5 nitrogen and oxygen atoms in total. The molecule has 1 heterocycles. The van der Waals surface area contributed by atoms with Crippen LogP contribution >= 0.6 is 0 Å². The van der Waals surface area contributed by atoms with Crippen molar-refractivity contribution in [3.63, 3.8) is 0 Å².